The van der Waals surface area contributed by atoms with Gasteiger partial charge in [-0.15, -0.1) is 0 Å². The molecule has 2 nitrogen and oxygen atoms in total. The van der Waals surface area contributed by atoms with Crippen LogP contribution in [0.3, 0.4) is 0 Å². The van der Waals surface area contributed by atoms with E-state index in [1.165, 1.54) is 74.6 Å². The fraction of sp³-hybridized carbons (Fsp3) is 0.692. The van der Waals surface area contributed by atoms with Crippen molar-refractivity contribution in [3.05, 3.63) is 48.0 Å². The first-order valence-corrected chi connectivity index (χ1v) is 11.8. The minimum atomic E-state index is 0.381. The summed E-state index contributed by atoms with van der Waals surface area (Å²) in [5.41, 5.74) is 4.32. The molecule has 0 amide bonds. The second-order valence-corrected chi connectivity index (χ2v) is 9.09. The molecular formula is C26H44N2. The van der Waals surface area contributed by atoms with Gasteiger partial charge in [0.1, 0.15) is 6.17 Å². The van der Waals surface area contributed by atoms with Crippen molar-refractivity contribution in [1.29, 1.82) is 0 Å². The molecule has 2 heteroatoms. The molecule has 0 spiro atoms. The number of nitrogens with one attached hydrogen (secondary N) is 1. The summed E-state index contributed by atoms with van der Waals surface area (Å²) >= 11 is 0. The molecule has 0 saturated heterocycles. The molecule has 1 saturated carbocycles. The minimum absolute atomic E-state index is 0.381. The zero-order valence-corrected chi connectivity index (χ0v) is 19.1. The Hall–Kier alpha value is -1.44. The first-order chi connectivity index (χ1) is 13.5. The van der Waals surface area contributed by atoms with Gasteiger partial charge in [-0.1, -0.05) is 78.5 Å². The Morgan fingerprint density at radius 2 is 1.89 bits per heavy atom. The maximum atomic E-state index is 4.18. The summed E-state index contributed by atoms with van der Waals surface area (Å²) in [6.07, 6.45) is 21.1. The molecule has 1 aliphatic heterocycles. The van der Waals surface area contributed by atoms with Gasteiger partial charge in [0.15, 0.2) is 0 Å². The molecule has 1 heterocycles. The average molecular weight is 385 g/mol. The third-order valence-electron chi connectivity index (χ3n) is 6.46. The number of nitrogens with zero attached hydrogens (tertiary/aromatic N) is 1. The van der Waals surface area contributed by atoms with Crippen molar-refractivity contribution in [2.75, 3.05) is 0 Å². The lowest BCUT2D eigenvalue weighted by atomic mass is 9.93. The molecule has 1 fully saturated rings. The summed E-state index contributed by atoms with van der Waals surface area (Å²) in [6, 6.07) is 0. The third kappa shape index (κ3) is 6.29. The van der Waals surface area contributed by atoms with Crippen LogP contribution in [0.25, 0.3) is 0 Å². The number of unbranched alkanes of at least 4 members (excludes halogenated alkanes) is 3. The summed E-state index contributed by atoms with van der Waals surface area (Å²) in [4.78, 5) is 2.50. The van der Waals surface area contributed by atoms with Gasteiger partial charge in [0.2, 0.25) is 0 Å². The number of hydrogen-bond donors (Lipinski definition) is 1. The number of allylic oxidation sites excluding steroid dienone is 4. The SMILES string of the molecule is C=C/C(=C(\C(=C/C)C(C)C)N1C=CNC1CCCCCCC(C)CC)C1CC1. The molecule has 2 rings (SSSR count). The lowest BCUT2D eigenvalue weighted by Gasteiger charge is -2.33. The van der Waals surface area contributed by atoms with E-state index in [2.05, 4.69) is 76.0 Å². The lowest BCUT2D eigenvalue weighted by Crippen LogP contribution is -2.36. The molecule has 0 aromatic carbocycles. The molecule has 2 atom stereocenters. The summed E-state index contributed by atoms with van der Waals surface area (Å²) < 4.78 is 0. The molecule has 28 heavy (non-hydrogen) atoms. The van der Waals surface area contributed by atoms with Crippen LogP contribution in [0.15, 0.2) is 48.0 Å². The molecule has 0 aromatic heterocycles. The normalized spacial score (nSPS) is 21.7. The van der Waals surface area contributed by atoms with Gasteiger partial charge in [0, 0.05) is 18.1 Å². The Morgan fingerprint density at radius 3 is 2.46 bits per heavy atom. The summed E-state index contributed by atoms with van der Waals surface area (Å²) in [6.45, 7) is 15.7. The molecule has 158 valence electrons. The van der Waals surface area contributed by atoms with E-state index in [4.69, 9.17) is 0 Å². The lowest BCUT2D eigenvalue weighted by molar-refractivity contribution is 0.308. The van der Waals surface area contributed by atoms with Crippen LogP contribution in [-0.4, -0.2) is 11.1 Å². The number of rotatable bonds is 13. The summed E-state index contributed by atoms with van der Waals surface area (Å²) in [5.74, 6) is 2.11. The third-order valence-corrected chi connectivity index (χ3v) is 6.46. The van der Waals surface area contributed by atoms with Crippen LogP contribution in [0, 0.1) is 17.8 Å². The van der Waals surface area contributed by atoms with Gasteiger partial charge in [0.25, 0.3) is 0 Å². The summed E-state index contributed by atoms with van der Waals surface area (Å²) in [5, 5.41) is 3.61. The van der Waals surface area contributed by atoms with Gasteiger partial charge in [0.05, 0.1) is 0 Å². The van der Waals surface area contributed by atoms with E-state index in [0.717, 1.165) is 5.92 Å². The highest BCUT2D eigenvalue weighted by atomic mass is 15.3. The smallest absolute Gasteiger partial charge is 0.103 e. The largest absolute Gasteiger partial charge is 0.370 e. The Kier molecular flexibility index (Phi) is 9.41. The Labute approximate surface area is 174 Å². The van der Waals surface area contributed by atoms with E-state index in [1.54, 1.807) is 0 Å². The van der Waals surface area contributed by atoms with Crippen LogP contribution in [0.4, 0.5) is 0 Å². The quantitative estimate of drug-likeness (QED) is 0.261. The van der Waals surface area contributed by atoms with Gasteiger partial charge >= 0.3 is 0 Å². The van der Waals surface area contributed by atoms with E-state index in [9.17, 15) is 0 Å². The molecule has 1 aliphatic carbocycles. The average Bonchev–Trinajstić information content (AvgIpc) is 3.41. The standard InChI is InChI=1S/C26H44N2/c1-7-21(6)14-12-10-11-13-15-25-27-18-19-28(25)26(23(8-2)20(4)5)24(9-3)22-16-17-22/h8-9,18-22,25,27H,3,7,10-17H2,1-2,4-6H3/b23-8-,26-24-. The highest BCUT2D eigenvalue weighted by Crippen LogP contribution is 2.43. The molecule has 1 N–H and O–H groups in total. The molecule has 2 unspecified atom stereocenters. The number of hydrogen-bond acceptors (Lipinski definition) is 2. The maximum Gasteiger partial charge on any atom is 0.103 e. The fourth-order valence-electron chi connectivity index (χ4n) is 4.32. The fourth-order valence-corrected chi connectivity index (χ4v) is 4.32. The van der Waals surface area contributed by atoms with E-state index in [-0.39, 0.29) is 0 Å². The van der Waals surface area contributed by atoms with Gasteiger partial charge in [-0.2, -0.15) is 0 Å². The molecule has 0 radical (unpaired) electrons. The van der Waals surface area contributed by atoms with Crippen LogP contribution in [0.2, 0.25) is 0 Å². The Bertz CT molecular complexity index is 577. The van der Waals surface area contributed by atoms with Crippen molar-refractivity contribution in [3.63, 3.8) is 0 Å². The van der Waals surface area contributed by atoms with Gasteiger partial charge in [-0.25, -0.2) is 0 Å². The second-order valence-electron chi connectivity index (χ2n) is 9.09. The summed E-state index contributed by atoms with van der Waals surface area (Å²) in [7, 11) is 0. The van der Waals surface area contributed by atoms with Crippen molar-refractivity contribution in [3.8, 4) is 0 Å². The van der Waals surface area contributed by atoms with Gasteiger partial charge in [-0.3, -0.25) is 0 Å². The van der Waals surface area contributed by atoms with Crippen LogP contribution in [-0.2, 0) is 0 Å². The predicted octanol–water partition coefficient (Wildman–Crippen LogP) is 7.53. The Balaban J connectivity index is 2.01. The first kappa shape index (κ1) is 22.8. The molecule has 2 aliphatic rings. The van der Waals surface area contributed by atoms with Crippen LogP contribution in [0.1, 0.15) is 92.4 Å². The van der Waals surface area contributed by atoms with Crippen molar-refractivity contribution >= 4 is 0 Å². The van der Waals surface area contributed by atoms with Gasteiger partial charge in [-0.05, 0) is 61.5 Å². The van der Waals surface area contributed by atoms with Crippen molar-refractivity contribution in [1.82, 2.24) is 10.2 Å². The Morgan fingerprint density at radius 1 is 1.18 bits per heavy atom. The highest BCUT2D eigenvalue weighted by Gasteiger charge is 2.32. The van der Waals surface area contributed by atoms with E-state index >= 15 is 0 Å². The molecular weight excluding hydrogens is 340 g/mol. The van der Waals surface area contributed by atoms with Crippen LogP contribution < -0.4 is 5.32 Å². The van der Waals surface area contributed by atoms with E-state index in [0.29, 0.717) is 18.0 Å². The first-order valence-electron chi connectivity index (χ1n) is 11.8. The maximum absolute atomic E-state index is 4.18. The zero-order chi connectivity index (χ0) is 20.5. The van der Waals surface area contributed by atoms with E-state index in [1.807, 2.05) is 0 Å². The predicted molar refractivity (Wildman–Crippen MR) is 124 cm³/mol. The minimum Gasteiger partial charge on any atom is -0.370 e. The van der Waals surface area contributed by atoms with Gasteiger partial charge < -0.3 is 10.2 Å². The van der Waals surface area contributed by atoms with Crippen molar-refractivity contribution < 1.29 is 0 Å². The van der Waals surface area contributed by atoms with Crippen molar-refractivity contribution in [2.45, 2.75) is 98.6 Å². The van der Waals surface area contributed by atoms with Crippen molar-refractivity contribution in [2.24, 2.45) is 17.8 Å². The second kappa shape index (κ2) is 11.5. The molecule has 0 aromatic rings. The monoisotopic (exact) mass is 384 g/mol. The topological polar surface area (TPSA) is 15.3 Å². The zero-order valence-electron chi connectivity index (χ0n) is 19.1. The van der Waals surface area contributed by atoms with Crippen LogP contribution in [0.5, 0.6) is 0 Å². The molecule has 0 bridgehead atoms. The van der Waals surface area contributed by atoms with E-state index < -0.39 is 0 Å². The van der Waals surface area contributed by atoms with Crippen LogP contribution >= 0.6 is 0 Å². The highest BCUT2D eigenvalue weighted by molar-refractivity contribution is 5.44.